The first-order valence-corrected chi connectivity index (χ1v) is 6.77. The molecule has 0 aromatic carbocycles. The quantitative estimate of drug-likeness (QED) is 0.712. The maximum atomic E-state index is 11.9. The largest absolute Gasteiger partial charge is 0.469 e. The fraction of sp³-hybridized carbons (Fsp3) is 0.769. The zero-order chi connectivity index (χ0) is 13.8. The molecule has 2 fully saturated rings. The second-order valence-electron chi connectivity index (χ2n) is 5.24. The Kier molecular flexibility index (Phi) is 4.39. The zero-order valence-electron chi connectivity index (χ0n) is 11.1. The molecule has 2 N–H and O–H groups in total. The molecule has 2 rings (SSSR count). The monoisotopic (exact) mass is 268 g/mol. The SMILES string of the molecule is COC(=O)C1CCC(NC(=O)[C@@H]2CCC(=O)N2)CC1. The fourth-order valence-corrected chi connectivity index (χ4v) is 2.75. The molecule has 0 aromatic heterocycles. The number of amides is 2. The van der Waals surface area contributed by atoms with Crippen LogP contribution in [-0.2, 0) is 19.1 Å². The van der Waals surface area contributed by atoms with Crippen molar-refractivity contribution in [3.63, 3.8) is 0 Å². The molecule has 19 heavy (non-hydrogen) atoms. The molecule has 1 saturated carbocycles. The van der Waals surface area contributed by atoms with Gasteiger partial charge in [-0.15, -0.1) is 0 Å². The van der Waals surface area contributed by atoms with Crippen molar-refractivity contribution in [2.45, 2.75) is 50.6 Å². The molecule has 1 aliphatic carbocycles. The molecule has 1 saturated heterocycles. The van der Waals surface area contributed by atoms with E-state index >= 15 is 0 Å². The lowest BCUT2D eigenvalue weighted by Crippen LogP contribution is -2.47. The van der Waals surface area contributed by atoms with Crippen molar-refractivity contribution in [1.82, 2.24) is 10.6 Å². The predicted molar refractivity (Wildman–Crippen MR) is 67.1 cm³/mol. The van der Waals surface area contributed by atoms with Crippen molar-refractivity contribution in [2.24, 2.45) is 5.92 Å². The van der Waals surface area contributed by atoms with Crippen LogP contribution in [0, 0.1) is 5.92 Å². The molecule has 6 nitrogen and oxygen atoms in total. The van der Waals surface area contributed by atoms with Gasteiger partial charge in [0.25, 0.3) is 0 Å². The Balaban J connectivity index is 1.75. The first-order chi connectivity index (χ1) is 9.10. The molecule has 0 unspecified atom stereocenters. The summed E-state index contributed by atoms with van der Waals surface area (Å²) in [6, 6.07) is -0.281. The van der Waals surface area contributed by atoms with Crippen LogP contribution >= 0.6 is 0 Å². The molecule has 0 radical (unpaired) electrons. The molecule has 6 heteroatoms. The van der Waals surface area contributed by atoms with E-state index in [1.54, 1.807) is 0 Å². The molecule has 1 atom stereocenters. The van der Waals surface area contributed by atoms with Crippen molar-refractivity contribution < 1.29 is 19.1 Å². The van der Waals surface area contributed by atoms with E-state index in [4.69, 9.17) is 4.74 Å². The summed E-state index contributed by atoms with van der Waals surface area (Å²) in [6.07, 6.45) is 4.05. The average Bonchev–Trinajstić information content (AvgIpc) is 2.85. The molecular formula is C13H20N2O4. The molecule has 0 bridgehead atoms. The van der Waals surface area contributed by atoms with Crippen LogP contribution in [-0.4, -0.2) is 37.0 Å². The summed E-state index contributed by atoms with van der Waals surface area (Å²) < 4.78 is 4.73. The summed E-state index contributed by atoms with van der Waals surface area (Å²) >= 11 is 0. The van der Waals surface area contributed by atoms with Crippen LogP contribution < -0.4 is 10.6 Å². The van der Waals surface area contributed by atoms with Gasteiger partial charge in [0.2, 0.25) is 11.8 Å². The van der Waals surface area contributed by atoms with E-state index in [2.05, 4.69) is 10.6 Å². The lowest BCUT2D eigenvalue weighted by molar-refractivity contribution is -0.146. The number of hydrogen-bond acceptors (Lipinski definition) is 4. The topological polar surface area (TPSA) is 84.5 Å². The highest BCUT2D eigenvalue weighted by molar-refractivity contribution is 5.90. The summed E-state index contributed by atoms with van der Waals surface area (Å²) in [6.45, 7) is 0. The van der Waals surface area contributed by atoms with Gasteiger partial charge in [-0.25, -0.2) is 0 Å². The minimum Gasteiger partial charge on any atom is -0.469 e. The second kappa shape index (κ2) is 6.04. The van der Waals surface area contributed by atoms with Gasteiger partial charge in [0, 0.05) is 12.5 Å². The lowest BCUT2D eigenvalue weighted by atomic mass is 9.86. The Morgan fingerprint density at radius 1 is 1.21 bits per heavy atom. The summed E-state index contributed by atoms with van der Waals surface area (Å²) in [5.74, 6) is -0.362. The maximum Gasteiger partial charge on any atom is 0.308 e. The number of ether oxygens (including phenoxy) is 1. The average molecular weight is 268 g/mol. The van der Waals surface area contributed by atoms with E-state index in [0.29, 0.717) is 12.8 Å². The first kappa shape index (κ1) is 13.8. The Morgan fingerprint density at radius 3 is 2.42 bits per heavy atom. The molecule has 1 aliphatic heterocycles. The van der Waals surface area contributed by atoms with Crippen LogP contribution in [0.3, 0.4) is 0 Å². The van der Waals surface area contributed by atoms with Crippen molar-refractivity contribution >= 4 is 17.8 Å². The van der Waals surface area contributed by atoms with E-state index in [1.807, 2.05) is 0 Å². The molecule has 2 amide bonds. The maximum absolute atomic E-state index is 11.9. The van der Waals surface area contributed by atoms with Crippen LogP contribution in [0.5, 0.6) is 0 Å². The van der Waals surface area contributed by atoms with Gasteiger partial charge in [0.05, 0.1) is 13.0 Å². The third-order valence-electron chi connectivity index (χ3n) is 3.92. The van der Waals surface area contributed by atoms with E-state index in [0.717, 1.165) is 25.7 Å². The first-order valence-electron chi connectivity index (χ1n) is 6.77. The van der Waals surface area contributed by atoms with Gasteiger partial charge in [-0.05, 0) is 32.1 Å². The standard InChI is InChI=1S/C13H20N2O4/c1-19-13(18)8-2-4-9(5-3-8)14-12(17)10-6-7-11(16)15-10/h8-10H,2-7H2,1H3,(H,14,17)(H,15,16)/t8?,9?,10-/m0/s1. The number of carbonyl (C=O) groups is 3. The van der Waals surface area contributed by atoms with E-state index in [9.17, 15) is 14.4 Å². The number of hydrogen-bond donors (Lipinski definition) is 2. The molecule has 106 valence electrons. The Labute approximate surface area is 112 Å². The number of methoxy groups -OCH3 is 1. The predicted octanol–water partition coefficient (Wildman–Crippen LogP) is 0.113. The summed E-state index contributed by atoms with van der Waals surface area (Å²) in [7, 11) is 1.40. The van der Waals surface area contributed by atoms with Gasteiger partial charge >= 0.3 is 5.97 Å². The van der Waals surface area contributed by atoms with Gasteiger partial charge in [-0.2, -0.15) is 0 Å². The van der Waals surface area contributed by atoms with E-state index in [1.165, 1.54) is 7.11 Å². The lowest BCUT2D eigenvalue weighted by Gasteiger charge is -2.28. The van der Waals surface area contributed by atoms with Crippen molar-refractivity contribution in [3.05, 3.63) is 0 Å². The second-order valence-corrected chi connectivity index (χ2v) is 5.24. The van der Waals surface area contributed by atoms with Gasteiger partial charge in [-0.1, -0.05) is 0 Å². The Hall–Kier alpha value is -1.59. The molecule has 0 spiro atoms. The van der Waals surface area contributed by atoms with Crippen LogP contribution in [0.25, 0.3) is 0 Å². The molecule has 0 aromatic rings. The molecule has 1 heterocycles. The fourth-order valence-electron chi connectivity index (χ4n) is 2.75. The van der Waals surface area contributed by atoms with E-state index < -0.39 is 0 Å². The minimum atomic E-state index is -0.383. The van der Waals surface area contributed by atoms with Crippen LogP contribution in [0.1, 0.15) is 38.5 Å². The smallest absolute Gasteiger partial charge is 0.308 e. The highest BCUT2D eigenvalue weighted by Crippen LogP contribution is 2.25. The van der Waals surface area contributed by atoms with Gasteiger partial charge in [0.1, 0.15) is 6.04 Å². The molecule has 2 aliphatic rings. The Morgan fingerprint density at radius 2 is 1.89 bits per heavy atom. The third kappa shape index (κ3) is 3.45. The number of carbonyl (C=O) groups excluding carboxylic acids is 3. The minimum absolute atomic E-state index is 0.0377. The summed E-state index contributed by atoms with van der Waals surface area (Å²) in [5, 5.41) is 5.61. The number of rotatable bonds is 3. The zero-order valence-corrected chi connectivity index (χ0v) is 11.1. The molecular weight excluding hydrogens is 248 g/mol. The Bertz CT molecular complexity index is 375. The number of nitrogens with one attached hydrogen (secondary N) is 2. The van der Waals surface area contributed by atoms with Crippen LogP contribution in [0.4, 0.5) is 0 Å². The van der Waals surface area contributed by atoms with Gasteiger partial charge in [-0.3, -0.25) is 14.4 Å². The third-order valence-corrected chi connectivity index (χ3v) is 3.92. The summed E-state index contributed by atoms with van der Waals surface area (Å²) in [5.41, 5.74) is 0. The highest BCUT2D eigenvalue weighted by atomic mass is 16.5. The van der Waals surface area contributed by atoms with Crippen molar-refractivity contribution in [2.75, 3.05) is 7.11 Å². The number of esters is 1. The highest BCUT2D eigenvalue weighted by Gasteiger charge is 2.31. The normalized spacial score (nSPS) is 30.6. The van der Waals surface area contributed by atoms with Gasteiger partial charge < -0.3 is 15.4 Å². The van der Waals surface area contributed by atoms with Crippen LogP contribution in [0.15, 0.2) is 0 Å². The van der Waals surface area contributed by atoms with Crippen molar-refractivity contribution in [1.29, 1.82) is 0 Å². The van der Waals surface area contributed by atoms with E-state index in [-0.39, 0.29) is 35.8 Å². The van der Waals surface area contributed by atoms with Crippen LogP contribution in [0.2, 0.25) is 0 Å². The van der Waals surface area contributed by atoms with Gasteiger partial charge in [0.15, 0.2) is 0 Å². The summed E-state index contributed by atoms with van der Waals surface area (Å²) in [4.78, 5) is 34.4. The van der Waals surface area contributed by atoms with Crippen molar-refractivity contribution in [3.8, 4) is 0 Å².